The van der Waals surface area contributed by atoms with Gasteiger partial charge in [-0.2, -0.15) is 5.10 Å². The number of rotatable bonds is 8. The molecule has 146 valence electrons. The lowest BCUT2D eigenvalue weighted by molar-refractivity contribution is -0.119. The van der Waals surface area contributed by atoms with Crippen LogP contribution in [-0.4, -0.2) is 35.2 Å². The van der Waals surface area contributed by atoms with Crippen molar-refractivity contribution in [1.29, 1.82) is 0 Å². The van der Waals surface area contributed by atoms with Crippen LogP contribution in [0, 0.1) is 13.8 Å². The van der Waals surface area contributed by atoms with Crippen LogP contribution in [0.3, 0.4) is 0 Å². The first-order valence-corrected chi connectivity index (χ1v) is 9.27. The largest absolute Gasteiger partial charge is 0.326 e. The van der Waals surface area contributed by atoms with Crippen molar-refractivity contribution < 1.29 is 9.59 Å². The number of carbonyl (C=O) groups is 2. The predicted molar refractivity (Wildman–Crippen MR) is 108 cm³/mol. The number of benzene rings is 1. The average molecular weight is 392 g/mol. The highest BCUT2D eigenvalue weighted by atomic mass is 35.5. The third kappa shape index (κ3) is 5.80. The molecule has 1 heterocycles. The Morgan fingerprint density at radius 3 is 2.56 bits per heavy atom. The Hall–Kier alpha value is -2.38. The van der Waals surface area contributed by atoms with Crippen molar-refractivity contribution in [2.75, 3.05) is 24.2 Å². The molecule has 0 aliphatic carbocycles. The van der Waals surface area contributed by atoms with E-state index in [9.17, 15) is 9.59 Å². The molecule has 2 rings (SSSR count). The SMILES string of the molecule is CNCCCC(=O)Nc1ccc(NC(=O)C(C)n2nc(C)cc2C)c(Cl)c1. The smallest absolute Gasteiger partial charge is 0.248 e. The molecule has 7 nitrogen and oxygen atoms in total. The number of hydrogen-bond donors (Lipinski definition) is 3. The van der Waals surface area contributed by atoms with Crippen molar-refractivity contribution >= 4 is 34.8 Å². The van der Waals surface area contributed by atoms with Gasteiger partial charge in [0.2, 0.25) is 11.8 Å². The normalized spacial score (nSPS) is 11.9. The first-order chi connectivity index (χ1) is 12.8. The summed E-state index contributed by atoms with van der Waals surface area (Å²) in [6, 6.07) is 6.47. The molecule has 2 aromatic rings. The fourth-order valence-corrected chi connectivity index (χ4v) is 2.96. The molecular weight excluding hydrogens is 366 g/mol. The van der Waals surface area contributed by atoms with E-state index in [0.29, 0.717) is 22.8 Å². The van der Waals surface area contributed by atoms with Crippen molar-refractivity contribution in [3.8, 4) is 0 Å². The van der Waals surface area contributed by atoms with Crippen molar-refractivity contribution in [2.24, 2.45) is 0 Å². The Balaban J connectivity index is 2.00. The van der Waals surface area contributed by atoms with Crippen LogP contribution in [0.4, 0.5) is 11.4 Å². The van der Waals surface area contributed by atoms with Gasteiger partial charge in [-0.1, -0.05) is 11.6 Å². The summed E-state index contributed by atoms with van der Waals surface area (Å²) in [6.45, 7) is 6.36. The Labute approximate surface area is 164 Å². The summed E-state index contributed by atoms with van der Waals surface area (Å²) in [6.07, 6.45) is 1.19. The molecule has 0 fully saturated rings. The van der Waals surface area contributed by atoms with E-state index < -0.39 is 6.04 Å². The van der Waals surface area contributed by atoms with Crippen LogP contribution in [-0.2, 0) is 9.59 Å². The van der Waals surface area contributed by atoms with E-state index in [2.05, 4.69) is 21.0 Å². The van der Waals surface area contributed by atoms with Crippen molar-refractivity contribution in [2.45, 2.75) is 39.7 Å². The summed E-state index contributed by atoms with van der Waals surface area (Å²) in [5, 5.41) is 13.3. The third-order valence-electron chi connectivity index (χ3n) is 4.13. The molecule has 27 heavy (non-hydrogen) atoms. The molecule has 8 heteroatoms. The first kappa shape index (κ1) is 20.9. The molecule has 3 N–H and O–H groups in total. The second kappa shape index (κ2) is 9.53. The highest BCUT2D eigenvalue weighted by Crippen LogP contribution is 2.26. The zero-order valence-electron chi connectivity index (χ0n) is 16.1. The first-order valence-electron chi connectivity index (χ1n) is 8.89. The number of anilines is 2. The topological polar surface area (TPSA) is 88.0 Å². The maximum atomic E-state index is 12.5. The van der Waals surface area contributed by atoms with E-state index in [1.165, 1.54) is 0 Å². The van der Waals surface area contributed by atoms with Crippen LogP contribution in [0.2, 0.25) is 5.02 Å². The summed E-state index contributed by atoms with van der Waals surface area (Å²) in [7, 11) is 1.85. The molecule has 0 bridgehead atoms. The van der Waals surface area contributed by atoms with E-state index in [0.717, 1.165) is 24.4 Å². The molecule has 1 atom stereocenters. The standard InChI is InChI=1S/C19H26ClN5O2/c1-12-10-13(2)25(24-12)14(3)19(27)23-17-8-7-15(11-16(17)20)22-18(26)6-5-9-21-4/h7-8,10-11,14,21H,5-6,9H2,1-4H3,(H,22,26)(H,23,27). The molecular formula is C19H26ClN5O2. The fourth-order valence-electron chi connectivity index (χ4n) is 2.73. The number of aryl methyl sites for hydroxylation is 2. The lowest BCUT2D eigenvalue weighted by atomic mass is 10.2. The molecule has 1 aromatic carbocycles. The van der Waals surface area contributed by atoms with Gasteiger partial charge in [0, 0.05) is 17.8 Å². The summed E-state index contributed by atoms with van der Waals surface area (Å²) >= 11 is 6.27. The van der Waals surface area contributed by atoms with E-state index in [4.69, 9.17) is 11.6 Å². The lowest BCUT2D eigenvalue weighted by Crippen LogP contribution is -2.25. The highest BCUT2D eigenvalue weighted by molar-refractivity contribution is 6.34. The van der Waals surface area contributed by atoms with E-state index in [1.54, 1.807) is 29.8 Å². The Morgan fingerprint density at radius 2 is 1.96 bits per heavy atom. The van der Waals surface area contributed by atoms with Gasteiger partial charge in [0.1, 0.15) is 6.04 Å². The van der Waals surface area contributed by atoms with Gasteiger partial charge in [0.25, 0.3) is 0 Å². The molecule has 1 unspecified atom stereocenters. The maximum absolute atomic E-state index is 12.5. The third-order valence-corrected chi connectivity index (χ3v) is 4.44. The van der Waals surface area contributed by atoms with Gasteiger partial charge in [0.05, 0.1) is 16.4 Å². The minimum atomic E-state index is -0.471. The highest BCUT2D eigenvalue weighted by Gasteiger charge is 2.19. The minimum Gasteiger partial charge on any atom is -0.326 e. The second-order valence-electron chi connectivity index (χ2n) is 6.49. The van der Waals surface area contributed by atoms with Gasteiger partial charge in [-0.3, -0.25) is 14.3 Å². The molecule has 0 radical (unpaired) electrons. The number of carbonyl (C=O) groups excluding carboxylic acids is 2. The van der Waals surface area contributed by atoms with Crippen molar-refractivity contribution in [1.82, 2.24) is 15.1 Å². The maximum Gasteiger partial charge on any atom is 0.248 e. The molecule has 0 aliphatic rings. The van der Waals surface area contributed by atoms with Gasteiger partial charge in [-0.15, -0.1) is 0 Å². The van der Waals surface area contributed by atoms with Crippen LogP contribution in [0.5, 0.6) is 0 Å². The molecule has 0 saturated carbocycles. The predicted octanol–water partition coefficient (Wildman–Crippen LogP) is 3.29. The van der Waals surface area contributed by atoms with E-state index in [1.807, 2.05) is 27.0 Å². The van der Waals surface area contributed by atoms with E-state index >= 15 is 0 Å². The Bertz CT molecular complexity index is 818. The summed E-state index contributed by atoms with van der Waals surface area (Å²) in [5.41, 5.74) is 2.86. The van der Waals surface area contributed by atoms with Crippen LogP contribution in [0.15, 0.2) is 24.3 Å². The molecule has 1 aromatic heterocycles. The fraction of sp³-hybridized carbons (Fsp3) is 0.421. The number of aromatic nitrogens is 2. The van der Waals surface area contributed by atoms with Crippen LogP contribution in [0.1, 0.15) is 37.2 Å². The Morgan fingerprint density at radius 1 is 1.22 bits per heavy atom. The van der Waals surface area contributed by atoms with Gasteiger partial charge < -0.3 is 16.0 Å². The number of nitrogens with one attached hydrogen (secondary N) is 3. The average Bonchev–Trinajstić information content (AvgIpc) is 2.95. The number of amides is 2. The van der Waals surface area contributed by atoms with Crippen molar-refractivity contribution in [3.05, 3.63) is 40.7 Å². The van der Waals surface area contributed by atoms with Crippen LogP contribution < -0.4 is 16.0 Å². The molecule has 0 spiro atoms. The second-order valence-corrected chi connectivity index (χ2v) is 6.89. The minimum absolute atomic E-state index is 0.0729. The number of nitrogens with zero attached hydrogens (tertiary/aromatic N) is 2. The summed E-state index contributed by atoms with van der Waals surface area (Å²) in [5.74, 6) is -0.289. The van der Waals surface area contributed by atoms with E-state index in [-0.39, 0.29) is 11.8 Å². The van der Waals surface area contributed by atoms with Crippen LogP contribution >= 0.6 is 11.6 Å². The summed E-state index contributed by atoms with van der Waals surface area (Å²) < 4.78 is 1.68. The molecule has 0 aliphatic heterocycles. The zero-order chi connectivity index (χ0) is 20.0. The number of halogens is 1. The van der Waals surface area contributed by atoms with Crippen molar-refractivity contribution in [3.63, 3.8) is 0 Å². The Kier molecular flexibility index (Phi) is 7.38. The van der Waals surface area contributed by atoms with Gasteiger partial charge in [-0.25, -0.2) is 0 Å². The molecule has 2 amide bonds. The lowest BCUT2D eigenvalue weighted by Gasteiger charge is -2.16. The van der Waals surface area contributed by atoms with Gasteiger partial charge >= 0.3 is 0 Å². The van der Waals surface area contributed by atoms with Gasteiger partial charge in [0.15, 0.2) is 0 Å². The zero-order valence-corrected chi connectivity index (χ0v) is 16.9. The monoisotopic (exact) mass is 391 g/mol. The molecule has 0 saturated heterocycles. The number of hydrogen-bond acceptors (Lipinski definition) is 4. The summed E-state index contributed by atoms with van der Waals surface area (Å²) in [4.78, 5) is 24.4. The van der Waals surface area contributed by atoms with Crippen LogP contribution in [0.25, 0.3) is 0 Å². The quantitative estimate of drug-likeness (QED) is 0.602. The van der Waals surface area contributed by atoms with Gasteiger partial charge in [-0.05, 0) is 65.0 Å².